The van der Waals surface area contributed by atoms with Crippen molar-refractivity contribution in [2.75, 3.05) is 19.7 Å². The third kappa shape index (κ3) is 2.76. The largest absolute Gasteiger partial charge is 0.479 e. The molecule has 0 saturated carbocycles. The molecule has 19 heavy (non-hydrogen) atoms. The second kappa shape index (κ2) is 5.40. The van der Waals surface area contributed by atoms with Crippen LogP contribution in [0.15, 0.2) is 4.42 Å². The fraction of sp³-hybridized carbons (Fsp3) is 0.583. The summed E-state index contributed by atoms with van der Waals surface area (Å²) in [4.78, 5) is 28.7. The van der Waals surface area contributed by atoms with Gasteiger partial charge in [-0.15, -0.1) is 0 Å². The Labute approximate surface area is 110 Å². The summed E-state index contributed by atoms with van der Waals surface area (Å²) in [6, 6.07) is 0. The number of oxazole rings is 1. The van der Waals surface area contributed by atoms with E-state index in [9.17, 15) is 9.59 Å². The van der Waals surface area contributed by atoms with Crippen molar-refractivity contribution < 1.29 is 23.8 Å². The van der Waals surface area contributed by atoms with Crippen LogP contribution in [0.4, 0.5) is 0 Å². The van der Waals surface area contributed by atoms with Gasteiger partial charge in [-0.05, 0) is 6.92 Å². The summed E-state index contributed by atoms with van der Waals surface area (Å²) in [6.45, 7) is 4.16. The first-order chi connectivity index (χ1) is 9.02. The van der Waals surface area contributed by atoms with E-state index in [-0.39, 0.29) is 24.8 Å². The molecule has 1 aromatic rings. The standard InChI is InChI=1S/C12H16N2O5/c1-3-9-13-7(2)10(19-9)11(15)14-4-5-18-8(6-14)12(16)17/h8H,3-6H2,1-2H3,(H,16,17)/t8-/m1/s1. The number of ether oxygens (including phenoxy) is 1. The smallest absolute Gasteiger partial charge is 0.334 e. The summed E-state index contributed by atoms with van der Waals surface area (Å²) in [5, 5.41) is 8.91. The number of hydrogen-bond donors (Lipinski definition) is 1. The maximum absolute atomic E-state index is 12.3. The molecular weight excluding hydrogens is 252 g/mol. The highest BCUT2D eigenvalue weighted by Crippen LogP contribution is 2.16. The van der Waals surface area contributed by atoms with Crippen LogP contribution in [0.2, 0.25) is 0 Å². The number of aromatic nitrogens is 1. The normalized spacial score (nSPS) is 19.5. The fourth-order valence-corrected chi connectivity index (χ4v) is 1.93. The van der Waals surface area contributed by atoms with Gasteiger partial charge in [-0.2, -0.15) is 0 Å². The molecule has 1 aliphatic heterocycles. The van der Waals surface area contributed by atoms with Gasteiger partial charge in [-0.1, -0.05) is 6.92 Å². The first-order valence-electron chi connectivity index (χ1n) is 6.13. The van der Waals surface area contributed by atoms with Crippen LogP contribution in [0.3, 0.4) is 0 Å². The number of nitrogens with zero attached hydrogens (tertiary/aromatic N) is 2. The number of carbonyl (C=O) groups is 2. The molecule has 2 rings (SSSR count). The molecule has 1 fully saturated rings. The van der Waals surface area contributed by atoms with Gasteiger partial charge in [0.05, 0.1) is 18.8 Å². The SMILES string of the molecule is CCc1nc(C)c(C(=O)N2CCO[C@@H](C(=O)O)C2)o1. The van der Waals surface area contributed by atoms with Crippen LogP contribution >= 0.6 is 0 Å². The van der Waals surface area contributed by atoms with Crippen LogP contribution in [0.1, 0.15) is 29.1 Å². The number of carboxylic acids is 1. The summed E-state index contributed by atoms with van der Waals surface area (Å²) in [5.41, 5.74) is 0.528. The predicted molar refractivity (Wildman–Crippen MR) is 63.9 cm³/mol. The summed E-state index contributed by atoms with van der Waals surface area (Å²) < 4.78 is 10.5. The van der Waals surface area contributed by atoms with E-state index in [1.54, 1.807) is 6.92 Å². The highest BCUT2D eigenvalue weighted by Gasteiger charge is 2.31. The van der Waals surface area contributed by atoms with Crippen molar-refractivity contribution in [2.45, 2.75) is 26.4 Å². The summed E-state index contributed by atoms with van der Waals surface area (Å²) in [7, 11) is 0. The van der Waals surface area contributed by atoms with E-state index in [2.05, 4.69) is 4.98 Å². The van der Waals surface area contributed by atoms with Crippen molar-refractivity contribution in [1.82, 2.24) is 9.88 Å². The third-order valence-corrected chi connectivity index (χ3v) is 2.97. The second-order valence-electron chi connectivity index (χ2n) is 4.32. The van der Waals surface area contributed by atoms with Crippen LogP contribution < -0.4 is 0 Å². The lowest BCUT2D eigenvalue weighted by molar-refractivity contribution is -0.154. The van der Waals surface area contributed by atoms with Gasteiger partial charge < -0.3 is 19.2 Å². The number of aryl methyl sites for hydroxylation is 2. The van der Waals surface area contributed by atoms with Gasteiger partial charge in [0.2, 0.25) is 5.76 Å². The number of carboxylic acid groups (broad SMARTS) is 1. The Morgan fingerprint density at radius 1 is 1.53 bits per heavy atom. The summed E-state index contributed by atoms with van der Waals surface area (Å²) >= 11 is 0. The molecule has 0 radical (unpaired) electrons. The molecular formula is C12H16N2O5. The lowest BCUT2D eigenvalue weighted by atomic mass is 10.2. The Bertz CT molecular complexity index is 496. The van der Waals surface area contributed by atoms with Crippen LogP contribution in [0.25, 0.3) is 0 Å². The molecule has 1 amide bonds. The molecule has 0 bridgehead atoms. The molecule has 0 aliphatic carbocycles. The van der Waals surface area contributed by atoms with Gasteiger partial charge in [0.1, 0.15) is 0 Å². The number of carbonyl (C=O) groups excluding carboxylic acids is 1. The van der Waals surface area contributed by atoms with Crippen molar-refractivity contribution in [2.24, 2.45) is 0 Å². The minimum Gasteiger partial charge on any atom is -0.479 e. The van der Waals surface area contributed by atoms with Gasteiger partial charge in [0.25, 0.3) is 5.91 Å². The van der Waals surface area contributed by atoms with Crippen molar-refractivity contribution in [1.29, 1.82) is 0 Å². The van der Waals surface area contributed by atoms with E-state index in [4.69, 9.17) is 14.3 Å². The van der Waals surface area contributed by atoms with Gasteiger partial charge in [0, 0.05) is 13.0 Å². The molecule has 104 valence electrons. The minimum absolute atomic E-state index is 0.0236. The maximum Gasteiger partial charge on any atom is 0.334 e. The lowest BCUT2D eigenvalue weighted by Gasteiger charge is -2.30. The van der Waals surface area contributed by atoms with Crippen molar-refractivity contribution in [3.8, 4) is 0 Å². The highest BCUT2D eigenvalue weighted by molar-refractivity contribution is 5.93. The number of hydrogen-bond acceptors (Lipinski definition) is 5. The molecule has 1 aromatic heterocycles. The number of morpholine rings is 1. The molecule has 1 atom stereocenters. The summed E-state index contributed by atoms with van der Waals surface area (Å²) in [5.74, 6) is -0.716. The molecule has 0 spiro atoms. The molecule has 7 heteroatoms. The zero-order chi connectivity index (χ0) is 14.0. The molecule has 2 heterocycles. The molecule has 1 saturated heterocycles. The Kier molecular flexibility index (Phi) is 3.84. The van der Waals surface area contributed by atoms with Crippen LogP contribution in [-0.4, -0.2) is 52.7 Å². The maximum atomic E-state index is 12.3. The monoisotopic (exact) mass is 268 g/mol. The zero-order valence-corrected chi connectivity index (χ0v) is 10.9. The second-order valence-corrected chi connectivity index (χ2v) is 4.32. The first-order valence-corrected chi connectivity index (χ1v) is 6.13. The molecule has 0 unspecified atom stereocenters. The van der Waals surface area contributed by atoms with Gasteiger partial charge in [-0.3, -0.25) is 4.79 Å². The van der Waals surface area contributed by atoms with Crippen molar-refractivity contribution in [3.05, 3.63) is 17.3 Å². The number of rotatable bonds is 3. The Morgan fingerprint density at radius 2 is 2.26 bits per heavy atom. The van der Waals surface area contributed by atoms with E-state index in [1.165, 1.54) is 4.90 Å². The number of amides is 1. The third-order valence-electron chi connectivity index (χ3n) is 2.97. The average molecular weight is 268 g/mol. The van der Waals surface area contributed by atoms with Crippen LogP contribution in [-0.2, 0) is 16.0 Å². The predicted octanol–water partition coefficient (Wildman–Crippen LogP) is 0.471. The Morgan fingerprint density at radius 3 is 2.84 bits per heavy atom. The van der Waals surface area contributed by atoms with Gasteiger partial charge in [0.15, 0.2) is 12.0 Å². The topological polar surface area (TPSA) is 92.9 Å². The van der Waals surface area contributed by atoms with Gasteiger partial charge >= 0.3 is 5.97 Å². The first kappa shape index (κ1) is 13.5. The van der Waals surface area contributed by atoms with Crippen molar-refractivity contribution >= 4 is 11.9 Å². The van der Waals surface area contributed by atoms with E-state index in [1.807, 2.05) is 6.92 Å². The van der Waals surface area contributed by atoms with Crippen LogP contribution in [0.5, 0.6) is 0 Å². The quantitative estimate of drug-likeness (QED) is 0.856. The van der Waals surface area contributed by atoms with Gasteiger partial charge in [-0.25, -0.2) is 9.78 Å². The number of aliphatic carboxylic acids is 1. The van der Waals surface area contributed by atoms with E-state index in [0.29, 0.717) is 24.6 Å². The fourth-order valence-electron chi connectivity index (χ4n) is 1.93. The minimum atomic E-state index is -1.07. The van der Waals surface area contributed by atoms with Crippen LogP contribution in [0, 0.1) is 6.92 Å². The van der Waals surface area contributed by atoms with E-state index in [0.717, 1.165) is 0 Å². The van der Waals surface area contributed by atoms with Crippen molar-refractivity contribution in [3.63, 3.8) is 0 Å². The summed E-state index contributed by atoms with van der Waals surface area (Å²) in [6.07, 6.45) is -0.374. The Hall–Kier alpha value is -1.89. The molecule has 7 nitrogen and oxygen atoms in total. The lowest BCUT2D eigenvalue weighted by Crippen LogP contribution is -2.48. The molecule has 0 aromatic carbocycles. The average Bonchev–Trinajstić information content (AvgIpc) is 2.79. The molecule has 1 N–H and O–H groups in total. The molecule has 1 aliphatic rings. The van der Waals surface area contributed by atoms with E-state index >= 15 is 0 Å². The highest BCUT2D eigenvalue weighted by atomic mass is 16.5. The van der Waals surface area contributed by atoms with E-state index < -0.39 is 12.1 Å². The zero-order valence-electron chi connectivity index (χ0n) is 10.9. The Balaban J connectivity index is 2.14.